The van der Waals surface area contributed by atoms with Crippen LogP contribution >= 0.6 is 0 Å². The average molecular weight is 342 g/mol. The molecule has 1 aromatic carbocycles. The Hall–Kier alpha value is -1.39. The summed E-state index contributed by atoms with van der Waals surface area (Å²) in [7, 11) is 0. The molecule has 0 amide bonds. The fraction of sp³-hybridized carbons (Fsp3) is 0.667. The van der Waals surface area contributed by atoms with E-state index in [0.29, 0.717) is 24.1 Å². The molecule has 4 heteroatoms. The average Bonchev–Trinajstić information content (AvgIpc) is 3.21. The number of cyclic esters (lactones) is 1. The van der Waals surface area contributed by atoms with Crippen LogP contribution in [0.1, 0.15) is 37.7 Å². The number of piperidine rings is 1. The standard InChI is InChI=1S/C21H28N2O2/c24-20-19-17(8-14-25-20)21(23-11-4-7-18(19)23)9-12-22(13-10-21)15-16-5-2-1-3-6-16/h1-3,5-6,17-19H,4,7-15H2/p+2/t17-,18+,19+/m0/s1. The third-order valence-electron chi connectivity index (χ3n) is 7.72. The molecule has 4 fully saturated rings. The molecule has 4 heterocycles. The minimum atomic E-state index is 0.122. The first-order valence-electron chi connectivity index (χ1n) is 10.2. The lowest BCUT2D eigenvalue weighted by Gasteiger charge is -2.44. The summed E-state index contributed by atoms with van der Waals surface area (Å²) < 4.78 is 5.48. The lowest BCUT2D eigenvalue weighted by molar-refractivity contribution is -0.983. The highest BCUT2D eigenvalue weighted by Crippen LogP contribution is 2.44. The van der Waals surface area contributed by atoms with Gasteiger partial charge in [0.25, 0.3) is 0 Å². The Bertz CT molecular complexity index is 639. The molecule has 25 heavy (non-hydrogen) atoms. The summed E-state index contributed by atoms with van der Waals surface area (Å²) in [4.78, 5) is 16.0. The molecule has 5 rings (SSSR count). The molecule has 4 atom stereocenters. The second kappa shape index (κ2) is 6.10. The highest BCUT2D eigenvalue weighted by molar-refractivity contribution is 5.75. The molecule has 4 saturated heterocycles. The Morgan fingerprint density at radius 3 is 2.68 bits per heavy atom. The van der Waals surface area contributed by atoms with Crippen LogP contribution in [0.3, 0.4) is 0 Å². The van der Waals surface area contributed by atoms with Crippen molar-refractivity contribution >= 4 is 5.97 Å². The van der Waals surface area contributed by atoms with Gasteiger partial charge < -0.3 is 14.5 Å². The summed E-state index contributed by atoms with van der Waals surface area (Å²) in [5, 5.41) is 0. The van der Waals surface area contributed by atoms with E-state index < -0.39 is 0 Å². The number of likely N-dealkylation sites (tertiary alicyclic amines) is 1. The van der Waals surface area contributed by atoms with Crippen LogP contribution < -0.4 is 9.80 Å². The first-order chi connectivity index (χ1) is 12.3. The van der Waals surface area contributed by atoms with Crippen LogP contribution in [0.4, 0.5) is 0 Å². The summed E-state index contributed by atoms with van der Waals surface area (Å²) in [5.74, 6) is 0.894. The molecule has 0 bridgehead atoms. The molecule has 4 nitrogen and oxygen atoms in total. The zero-order valence-electron chi connectivity index (χ0n) is 15.0. The Morgan fingerprint density at radius 1 is 1.08 bits per heavy atom. The second-order valence-electron chi connectivity index (χ2n) is 8.68. The monoisotopic (exact) mass is 342 g/mol. The Kier molecular flexibility index (Phi) is 3.86. The van der Waals surface area contributed by atoms with Crippen molar-refractivity contribution in [3.8, 4) is 0 Å². The zero-order valence-corrected chi connectivity index (χ0v) is 15.0. The zero-order chi connectivity index (χ0) is 16.9. The molecule has 0 radical (unpaired) electrons. The van der Waals surface area contributed by atoms with Gasteiger partial charge in [-0.2, -0.15) is 0 Å². The van der Waals surface area contributed by atoms with Crippen molar-refractivity contribution in [2.45, 2.75) is 50.2 Å². The minimum absolute atomic E-state index is 0.122. The second-order valence-corrected chi connectivity index (χ2v) is 8.68. The molecular formula is C21H30N2O2+2. The number of nitrogens with one attached hydrogen (secondary N) is 2. The number of rotatable bonds is 2. The van der Waals surface area contributed by atoms with Gasteiger partial charge in [0.2, 0.25) is 0 Å². The molecular weight excluding hydrogens is 312 g/mol. The van der Waals surface area contributed by atoms with Crippen LogP contribution in [0, 0.1) is 11.8 Å². The van der Waals surface area contributed by atoms with E-state index in [1.54, 1.807) is 9.80 Å². The summed E-state index contributed by atoms with van der Waals surface area (Å²) in [6.45, 7) is 5.58. The molecule has 0 aliphatic carbocycles. The van der Waals surface area contributed by atoms with E-state index in [1.807, 2.05) is 0 Å². The smallest absolute Gasteiger partial charge is 0.315 e. The first kappa shape index (κ1) is 15.8. The summed E-state index contributed by atoms with van der Waals surface area (Å²) in [5.41, 5.74) is 1.82. The van der Waals surface area contributed by atoms with Crippen molar-refractivity contribution in [3.05, 3.63) is 35.9 Å². The number of quaternary nitrogens is 2. The van der Waals surface area contributed by atoms with E-state index in [1.165, 1.54) is 50.9 Å². The maximum atomic E-state index is 12.5. The van der Waals surface area contributed by atoms with Crippen molar-refractivity contribution in [1.29, 1.82) is 0 Å². The predicted molar refractivity (Wildman–Crippen MR) is 94.2 cm³/mol. The number of fused-ring (bicyclic) bond motifs is 5. The van der Waals surface area contributed by atoms with Crippen LogP contribution in [-0.4, -0.2) is 43.8 Å². The van der Waals surface area contributed by atoms with Crippen molar-refractivity contribution in [2.75, 3.05) is 26.2 Å². The van der Waals surface area contributed by atoms with Gasteiger partial charge >= 0.3 is 5.97 Å². The molecule has 4 aliphatic rings. The minimum Gasteiger partial charge on any atom is -0.465 e. The van der Waals surface area contributed by atoms with Gasteiger partial charge in [0.05, 0.1) is 39.1 Å². The molecule has 0 saturated carbocycles. The van der Waals surface area contributed by atoms with E-state index in [4.69, 9.17) is 4.74 Å². The number of hydrogen-bond donors (Lipinski definition) is 2. The van der Waals surface area contributed by atoms with Gasteiger partial charge in [0.15, 0.2) is 0 Å². The number of benzene rings is 1. The van der Waals surface area contributed by atoms with Gasteiger partial charge in [-0.1, -0.05) is 30.3 Å². The molecule has 4 aliphatic heterocycles. The number of carbonyl (C=O) groups is 1. The maximum Gasteiger partial charge on any atom is 0.315 e. The van der Waals surface area contributed by atoms with Crippen LogP contribution in [0.5, 0.6) is 0 Å². The van der Waals surface area contributed by atoms with Crippen LogP contribution in [-0.2, 0) is 16.1 Å². The van der Waals surface area contributed by atoms with E-state index >= 15 is 0 Å². The lowest BCUT2D eigenvalue weighted by Crippen LogP contribution is -3.23. The summed E-state index contributed by atoms with van der Waals surface area (Å²) in [6, 6.07) is 11.4. The van der Waals surface area contributed by atoms with Gasteiger partial charge in [0, 0.05) is 24.3 Å². The largest absolute Gasteiger partial charge is 0.465 e. The van der Waals surface area contributed by atoms with Crippen molar-refractivity contribution < 1.29 is 19.3 Å². The number of ether oxygens (including phenoxy) is 1. The Morgan fingerprint density at radius 2 is 1.88 bits per heavy atom. The number of carbonyl (C=O) groups excluding carboxylic acids is 1. The van der Waals surface area contributed by atoms with Gasteiger partial charge in [0.1, 0.15) is 24.0 Å². The van der Waals surface area contributed by atoms with Gasteiger partial charge in [-0.25, -0.2) is 0 Å². The fourth-order valence-electron chi connectivity index (χ4n) is 6.72. The van der Waals surface area contributed by atoms with E-state index in [-0.39, 0.29) is 11.9 Å². The quantitative estimate of drug-likeness (QED) is 0.733. The fourth-order valence-corrected chi connectivity index (χ4v) is 6.72. The van der Waals surface area contributed by atoms with Crippen LogP contribution in [0.15, 0.2) is 30.3 Å². The first-order valence-corrected chi connectivity index (χ1v) is 10.2. The van der Waals surface area contributed by atoms with Gasteiger partial charge in [-0.05, 0) is 6.42 Å². The molecule has 0 aromatic heterocycles. The molecule has 1 aromatic rings. The number of esters is 1. The maximum absolute atomic E-state index is 12.5. The van der Waals surface area contributed by atoms with Crippen LogP contribution in [0.2, 0.25) is 0 Å². The highest BCUT2D eigenvalue weighted by atomic mass is 16.5. The SMILES string of the molecule is O=C1OCC[C@H]2[C@@H]1[C@H]1CCC[NH+]1C21CC[NH+](Cc2ccccc2)CC1. The van der Waals surface area contributed by atoms with E-state index in [2.05, 4.69) is 30.3 Å². The Labute approximate surface area is 150 Å². The lowest BCUT2D eigenvalue weighted by atomic mass is 9.70. The predicted octanol–water partition coefficient (Wildman–Crippen LogP) is -0.156. The molecule has 1 unspecified atom stereocenters. The van der Waals surface area contributed by atoms with Gasteiger partial charge in [-0.3, -0.25) is 4.79 Å². The van der Waals surface area contributed by atoms with Crippen molar-refractivity contribution in [3.63, 3.8) is 0 Å². The van der Waals surface area contributed by atoms with Gasteiger partial charge in [-0.15, -0.1) is 0 Å². The Balaban J connectivity index is 1.34. The number of hydrogen-bond acceptors (Lipinski definition) is 2. The highest BCUT2D eigenvalue weighted by Gasteiger charge is 2.67. The summed E-state index contributed by atoms with van der Waals surface area (Å²) >= 11 is 0. The van der Waals surface area contributed by atoms with Crippen molar-refractivity contribution in [2.24, 2.45) is 11.8 Å². The molecule has 134 valence electrons. The third kappa shape index (κ3) is 2.45. The van der Waals surface area contributed by atoms with Crippen molar-refractivity contribution in [1.82, 2.24) is 0 Å². The normalized spacial score (nSPS) is 42.9. The summed E-state index contributed by atoms with van der Waals surface area (Å²) in [6.07, 6.45) is 6.20. The molecule has 1 spiro atoms. The third-order valence-corrected chi connectivity index (χ3v) is 7.72. The van der Waals surface area contributed by atoms with E-state index in [0.717, 1.165) is 13.0 Å². The molecule has 2 N–H and O–H groups in total. The topological polar surface area (TPSA) is 35.2 Å². The van der Waals surface area contributed by atoms with Crippen LogP contribution in [0.25, 0.3) is 0 Å². The van der Waals surface area contributed by atoms with E-state index in [9.17, 15) is 4.79 Å².